The molecular weight excluding hydrogens is 534 g/mol. The van der Waals surface area contributed by atoms with E-state index in [4.69, 9.17) is 14.2 Å². The fraction of sp³-hybridized carbons (Fsp3) is 0.310. The maximum absolute atomic E-state index is 12.9. The van der Waals surface area contributed by atoms with Crippen LogP contribution in [0.5, 0.6) is 17.2 Å². The molecule has 11 heteroatoms. The van der Waals surface area contributed by atoms with Crippen molar-refractivity contribution in [1.29, 1.82) is 0 Å². The zero-order valence-corrected chi connectivity index (χ0v) is 23.9. The third-order valence-corrected chi connectivity index (χ3v) is 7.02. The minimum atomic E-state index is -3.77. The molecular formula is C29H35N3O7S. The number of hydrogen-bond donors (Lipinski definition) is 2. The summed E-state index contributed by atoms with van der Waals surface area (Å²) in [7, 11) is -0.652. The number of carbonyl (C=O) groups excluding carboxylic acids is 2. The average molecular weight is 570 g/mol. The summed E-state index contributed by atoms with van der Waals surface area (Å²) in [5.41, 5.74) is 1.80. The molecule has 0 radical (unpaired) electrons. The molecule has 3 aromatic carbocycles. The third kappa shape index (κ3) is 8.37. The van der Waals surface area contributed by atoms with Crippen molar-refractivity contribution in [3.8, 4) is 17.2 Å². The van der Waals surface area contributed by atoms with Crippen molar-refractivity contribution >= 4 is 33.2 Å². The summed E-state index contributed by atoms with van der Waals surface area (Å²) in [6, 6.07) is 18.6. The van der Waals surface area contributed by atoms with E-state index < -0.39 is 22.5 Å². The normalized spacial score (nSPS) is 10.9. The van der Waals surface area contributed by atoms with E-state index in [0.717, 1.165) is 22.5 Å². The molecule has 0 saturated heterocycles. The van der Waals surface area contributed by atoms with Gasteiger partial charge in [0.15, 0.2) is 11.5 Å². The van der Waals surface area contributed by atoms with Crippen LogP contribution in [0.3, 0.4) is 0 Å². The van der Waals surface area contributed by atoms with Crippen molar-refractivity contribution in [3.05, 3.63) is 77.9 Å². The molecule has 0 aliphatic rings. The van der Waals surface area contributed by atoms with Gasteiger partial charge in [-0.3, -0.25) is 13.9 Å². The molecule has 3 aromatic rings. The maximum atomic E-state index is 12.9. The van der Waals surface area contributed by atoms with Crippen molar-refractivity contribution in [2.75, 3.05) is 49.8 Å². The number of benzene rings is 3. The molecule has 0 atom stereocenters. The molecule has 10 nitrogen and oxygen atoms in total. The molecule has 0 aromatic heterocycles. The highest BCUT2D eigenvalue weighted by Gasteiger charge is 2.22. The van der Waals surface area contributed by atoms with E-state index in [1.54, 1.807) is 68.8 Å². The summed E-state index contributed by atoms with van der Waals surface area (Å²) in [6.07, 6.45) is 2.42. The first-order valence-corrected chi connectivity index (χ1v) is 14.6. The number of para-hydroxylation sites is 1. The fourth-order valence-corrected chi connectivity index (χ4v) is 4.75. The van der Waals surface area contributed by atoms with Crippen molar-refractivity contribution < 1.29 is 32.2 Å². The van der Waals surface area contributed by atoms with Gasteiger partial charge in [-0.2, -0.15) is 0 Å². The second kappa shape index (κ2) is 14.2. The van der Waals surface area contributed by atoms with Crippen LogP contribution in [-0.2, 0) is 21.2 Å². The molecule has 0 saturated carbocycles. The first kappa shape index (κ1) is 30.3. The molecule has 0 bridgehead atoms. The zero-order chi connectivity index (χ0) is 29.1. The molecule has 0 fully saturated rings. The van der Waals surface area contributed by atoms with Gasteiger partial charge in [-0.1, -0.05) is 25.1 Å². The molecule has 2 N–H and O–H groups in total. The van der Waals surface area contributed by atoms with Gasteiger partial charge >= 0.3 is 0 Å². The number of sulfonamides is 1. The minimum absolute atomic E-state index is 0.256. The number of carbonyl (C=O) groups is 2. The van der Waals surface area contributed by atoms with Crippen LogP contribution in [-0.4, -0.2) is 60.4 Å². The number of nitrogens with zero attached hydrogens (tertiary/aromatic N) is 1. The molecule has 0 unspecified atom stereocenters. The van der Waals surface area contributed by atoms with Crippen LogP contribution in [0.4, 0.5) is 11.4 Å². The number of hydrogen-bond acceptors (Lipinski definition) is 7. The summed E-state index contributed by atoms with van der Waals surface area (Å²) in [4.78, 5) is 25.9. The Hall–Kier alpha value is -4.25. The van der Waals surface area contributed by atoms with E-state index in [1.165, 1.54) is 0 Å². The number of anilines is 2. The van der Waals surface area contributed by atoms with Crippen LogP contribution >= 0.6 is 0 Å². The van der Waals surface area contributed by atoms with Crippen LogP contribution < -0.4 is 29.1 Å². The first-order chi connectivity index (χ1) is 19.2. The number of methoxy groups -OCH3 is 2. The Kier molecular flexibility index (Phi) is 10.8. The quantitative estimate of drug-likeness (QED) is 0.302. The highest BCUT2D eigenvalue weighted by atomic mass is 32.2. The van der Waals surface area contributed by atoms with Crippen LogP contribution in [0.25, 0.3) is 0 Å². The Morgan fingerprint density at radius 2 is 1.62 bits per heavy atom. The van der Waals surface area contributed by atoms with E-state index in [1.807, 2.05) is 19.1 Å². The lowest BCUT2D eigenvalue weighted by Gasteiger charge is -2.22. The Morgan fingerprint density at radius 3 is 2.27 bits per heavy atom. The van der Waals surface area contributed by atoms with Gasteiger partial charge in [0.2, 0.25) is 15.9 Å². The van der Waals surface area contributed by atoms with Crippen molar-refractivity contribution in [2.45, 2.75) is 19.8 Å². The number of amides is 2. The van der Waals surface area contributed by atoms with Gasteiger partial charge in [0.1, 0.15) is 12.3 Å². The molecule has 0 spiro atoms. The Morgan fingerprint density at radius 1 is 0.925 bits per heavy atom. The molecule has 0 heterocycles. The van der Waals surface area contributed by atoms with Gasteiger partial charge < -0.3 is 24.8 Å². The summed E-state index contributed by atoms with van der Waals surface area (Å²) >= 11 is 0. The van der Waals surface area contributed by atoms with Gasteiger partial charge in [0.25, 0.3) is 5.91 Å². The lowest BCUT2D eigenvalue weighted by Crippen LogP contribution is -2.37. The number of nitrogens with one attached hydrogen (secondary N) is 2. The summed E-state index contributed by atoms with van der Waals surface area (Å²) in [5.74, 6) is 0.853. The highest BCUT2D eigenvalue weighted by Crippen LogP contribution is 2.27. The van der Waals surface area contributed by atoms with Gasteiger partial charge in [0.05, 0.1) is 44.0 Å². The molecule has 0 aliphatic heterocycles. The molecule has 3 rings (SSSR count). The zero-order valence-electron chi connectivity index (χ0n) is 23.1. The van der Waals surface area contributed by atoms with Gasteiger partial charge in [-0.15, -0.1) is 0 Å². The van der Waals surface area contributed by atoms with Gasteiger partial charge in [0, 0.05) is 6.54 Å². The van der Waals surface area contributed by atoms with E-state index in [9.17, 15) is 18.0 Å². The van der Waals surface area contributed by atoms with E-state index >= 15 is 0 Å². The van der Waals surface area contributed by atoms with E-state index in [-0.39, 0.29) is 17.2 Å². The number of ether oxygens (including phenoxy) is 3. The molecule has 0 aliphatic carbocycles. The summed E-state index contributed by atoms with van der Waals surface area (Å²) in [5, 5.41) is 5.54. The highest BCUT2D eigenvalue weighted by molar-refractivity contribution is 7.92. The monoisotopic (exact) mass is 569 g/mol. The lowest BCUT2D eigenvalue weighted by atomic mass is 10.1. The Bertz CT molecular complexity index is 1410. The van der Waals surface area contributed by atoms with Crippen molar-refractivity contribution in [3.63, 3.8) is 0 Å². The van der Waals surface area contributed by atoms with Crippen LogP contribution in [0.15, 0.2) is 66.7 Å². The minimum Gasteiger partial charge on any atom is -0.494 e. The predicted octanol–water partition coefficient (Wildman–Crippen LogP) is 3.87. The number of rotatable bonds is 14. The van der Waals surface area contributed by atoms with Crippen LogP contribution in [0.2, 0.25) is 0 Å². The van der Waals surface area contributed by atoms with Gasteiger partial charge in [-0.05, 0) is 66.9 Å². The van der Waals surface area contributed by atoms with Gasteiger partial charge in [-0.25, -0.2) is 8.42 Å². The lowest BCUT2D eigenvalue weighted by molar-refractivity contribution is -0.114. The summed E-state index contributed by atoms with van der Waals surface area (Å²) in [6.45, 7) is 2.40. The van der Waals surface area contributed by atoms with Crippen LogP contribution in [0, 0.1) is 0 Å². The standard InChI is InChI=1S/C29H35N3O7S/c1-5-18-39-23-13-11-22(12-14-23)32(40(4,35)36)20-28(33)31-25-9-7-6-8-24(25)29(34)30-17-16-21-10-15-26(37-2)27(19-21)38-3/h6-15,19H,5,16-18,20H2,1-4H3,(H,30,34)(H,31,33). The van der Waals surface area contributed by atoms with Crippen molar-refractivity contribution in [2.24, 2.45) is 0 Å². The smallest absolute Gasteiger partial charge is 0.253 e. The maximum Gasteiger partial charge on any atom is 0.253 e. The molecule has 214 valence electrons. The fourth-order valence-electron chi connectivity index (χ4n) is 3.89. The first-order valence-electron chi connectivity index (χ1n) is 12.7. The summed E-state index contributed by atoms with van der Waals surface area (Å²) < 4.78 is 42.1. The second-order valence-electron chi connectivity index (χ2n) is 8.90. The van der Waals surface area contributed by atoms with E-state index in [2.05, 4.69) is 10.6 Å². The average Bonchev–Trinajstić information content (AvgIpc) is 2.94. The molecule has 2 amide bonds. The van der Waals surface area contributed by atoms with Crippen LogP contribution in [0.1, 0.15) is 29.3 Å². The largest absolute Gasteiger partial charge is 0.494 e. The topological polar surface area (TPSA) is 123 Å². The third-order valence-electron chi connectivity index (χ3n) is 5.88. The van der Waals surface area contributed by atoms with Crippen molar-refractivity contribution in [1.82, 2.24) is 5.32 Å². The van der Waals surface area contributed by atoms with E-state index in [0.29, 0.717) is 42.5 Å². The Labute approximate surface area is 235 Å². The Balaban J connectivity index is 1.65. The SMILES string of the molecule is CCCOc1ccc(N(CC(=O)Nc2ccccc2C(=O)NCCc2ccc(OC)c(OC)c2)S(C)(=O)=O)cc1. The second-order valence-corrected chi connectivity index (χ2v) is 10.8. The predicted molar refractivity (Wildman–Crippen MR) is 155 cm³/mol. The molecule has 40 heavy (non-hydrogen) atoms.